The summed E-state index contributed by atoms with van der Waals surface area (Å²) in [7, 11) is 1.92. The van der Waals surface area contributed by atoms with Crippen molar-refractivity contribution in [3.05, 3.63) is 34.6 Å². The van der Waals surface area contributed by atoms with Crippen LogP contribution in [0.1, 0.15) is 42.5 Å². The molecular weight excluding hydrogens is 364 g/mol. The fourth-order valence-corrected chi connectivity index (χ4v) is 4.06. The van der Waals surface area contributed by atoms with E-state index < -0.39 is 0 Å². The number of aromatic amines is 1. The molecule has 140 valence electrons. The number of aromatic nitrogens is 6. The minimum atomic E-state index is -0.291. The van der Waals surface area contributed by atoms with Crippen molar-refractivity contribution in [1.82, 2.24) is 30.4 Å². The molecule has 1 aliphatic rings. The molecule has 1 aromatic carbocycles. The van der Waals surface area contributed by atoms with E-state index in [9.17, 15) is 4.79 Å². The van der Waals surface area contributed by atoms with Crippen LogP contribution >= 0.6 is 11.3 Å². The number of benzene rings is 1. The van der Waals surface area contributed by atoms with Gasteiger partial charge in [-0.1, -0.05) is 47.8 Å². The maximum absolute atomic E-state index is 12.2. The maximum Gasteiger partial charge on any atom is 0.270 e. The average molecular weight is 384 g/mol. The number of rotatable bonds is 4. The molecule has 2 heterocycles. The summed E-state index contributed by atoms with van der Waals surface area (Å²) in [4.78, 5) is 18.0. The number of hydrogen-bond acceptors (Lipinski definition) is 7. The molecule has 0 bridgehead atoms. The van der Waals surface area contributed by atoms with Crippen LogP contribution in [0, 0.1) is 0 Å². The van der Waals surface area contributed by atoms with Crippen LogP contribution in [-0.2, 0) is 7.05 Å². The zero-order valence-electron chi connectivity index (χ0n) is 14.9. The van der Waals surface area contributed by atoms with Crippen LogP contribution in [0.25, 0.3) is 10.6 Å². The van der Waals surface area contributed by atoms with Gasteiger partial charge in [0.1, 0.15) is 5.01 Å². The monoisotopic (exact) mass is 384 g/mol. The Kier molecular flexibility index (Phi) is 5.05. The van der Waals surface area contributed by atoms with E-state index >= 15 is 0 Å². The third-order valence-corrected chi connectivity index (χ3v) is 5.60. The van der Waals surface area contributed by atoms with Gasteiger partial charge in [0, 0.05) is 18.2 Å². The topological polar surface area (TPSA) is 114 Å². The van der Waals surface area contributed by atoms with E-state index in [0.29, 0.717) is 11.6 Å². The molecule has 27 heavy (non-hydrogen) atoms. The standard InChI is InChI=1S/C17H20N8OS/c1-25-17(18-13-5-3-2-4-6-13)27-15(22-25)12-9-7-11(8-10-12)14(26)19-16-20-23-24-21-16/h7-10,13H,2-6H2,1H3,(H2,19,20,21,23,24,26). The predicted molar refractivity (Wildman–Crippen MR) is 101 cm³/mol. The Morgan fingerprint density at radius 2 is 2.04 bits per heavy atom. The lowest BCUT2D eigenvalue weighted by Gasteiger charge is -2.16. The van der Waals surface area contributed by atoms with Crippen molar-refractivity contribution in [3.63, 3.8) is 0 Å². The first-order valence-electron chi connectivity index (χ1n) is 8.92. The van der Waals surface area contributed by atoms with Crippen molar-refractivity contribution in [3.8, 4) is 10.6 Å². The predicted octanol–water partition coefficient (Wildman–Crippen LogP) is 2.15. The molecule has 2 N–H and O–H groups in total. The van der Waals surface area contributed by atoms with Gasteiger partial charge < -0.3 is 0 Å². The van der Waals surface area contributed by atoms with Gasteiger partial charge in [0.15, 0.2) is 0 Å². The summed E-state index contributed by atoms with van der Waals surface area (Å²) >= 11 is 1.58. The summed E-state index contributed by atoms with van der Waals surface area (Å²) in [6.45, 7) is 0. The lowest BCUT2D eigenvalue weighted by Crippen LogP contribution is -2.18. The molecule has 0 aliphatic heterocycles. The summed E-state index contributed by atoms with van der Waals surface area (Å²) in [5.74, 6) is -0.148. The molecule has 4 rings (SSSR count). The highest BCUT2D eigenvalue weighted by atomic mass is 32.1. The molecule has 0 saturated heterocycles. The Bertz CT molecular complexity index is 967. The molecule has 0 spiro atoms. The second-order valence-electron chi connectivity index (χ2n) is 6.50. The SMILES string of the molecule is Cn1nc(-c2ccc(C(=O)Nc3nn[nH]n3)cc2)sc1=NC1CCCCC1. The van der Waals surface area contributed by atoms with Crippen molar-refractivity contribution < 1.29 is 4.79 Å². The highest BCUT2D eigenvalue weighted by Gasteiger charge is 2.14. The van der Waals surface area contributed by atoms with Crippen LogP contribution in [-0.4, -0.2) is 42.4 Å². The Hall–Kier alpha value is -2.88. The lowest BCUT2D eigenvalue weighted by atomic mass is 9.96. The minimum absolute atomic E-state index is 0.144. The summed E-state index contributed by atoms with van der Waals surface area (Å²) < 4.78 is 1.84. The summed E-state index contributed by atoms with van der Waals surface area (Å²) in [6.07, 6.45) is 6.17. The van der Waals surface area contributed by atoms with Gasteiger partial charge in [-0.15, -0.1) is 5.10 Å². The number of anilines is 1. The number of hydrogen-bond donors (Lipinski definition) is 2. The average Bonchev–Trinajstić information content (AvgIpc) is 3.33. The second-order valence-corrected chi connectivity index (χ2v) is 7.46. The molecule has 0 radical (unpaired) electrons. The zero-order chi connectivity index (χ0) is 18.6. The third kappa shape index (κ3) is 4.11. The first kappa shape index (κ1) is 17.5. The van der Waals surface area contributed by atoms with E-state index in [4.69, 9.17) is 4.99 Å². The molecular formula is C17H20N8OS. The number of amides is 1. The van der Waals surface area contributed by atoms with E-state index in [1.54, 1.807) is 23.5 Å². The summed E-state index contributed by atoms with van der Waals surface area (Å²) in [5, 5.41) is 21.2. The van der Waals surface area contributed by atoms with Crippen molar-refractivity contribution >= 4 is 23.2 Å². The molecule has 0 unspecified atom stereocenters. The van der Waals surface area contributed by atoms with E-state index in [1.165, 1.54) is 19.3 Å². The van der Waals surface area contributed by atoms with Gasteiger partial charge in [0.2, 0.25) is 4.80 Å². The van der Waals surface area contributed by atoms with E-state index in [0.717, 1.165) is 28.2 Å². The number of H-pyrrole nitrogens is 1. The Morgan fingerprint density at radius 1 is 1.26 bits per heavy atom. The lowest BCUT2D eigenvalue weighted by molar-refractivity contribution is 0.102. The number of carbonyl (C=O) groups is 1. The van der Waals surface area contributed by atoms with Gasteiger partial charge in [-0.25, -0.2) is 4.68 Å². The summed E-state index contributed by atoms with van der Waals surface area (Å²) in [5.41, 5.74) is 1.47. The first-order chi connectivity index (χ1) is 13.2. The number of nitrogens with zero attached hydrogens (tertiary/aromatic N) is 6. The van der Waals surface area contributed by atoms with E-state index in [-0.39, 0.29) is 11.9 Å². The highest BCUT2D eigenvalue weighted by Crippen LogP contribution is 2.22. The van der Waals surface area contributed by atoms with Gasteiger partial charge in [0.25, 0.3) is 11.9 Å². The molecule has 1 saturated carbocycles. The fourth-order valence-electron chi connectivity index (χ4n) is 3.10. The summed E-state index contributed by atoms with van der Waals surface area (Å²) in [6, 6.07) is 7.69. The van der Waals surface area contributed by atoms with Crippen molar-refractivity contribution in [2.45, 2.75) is 38.1 Å². The normalized spacial score (nSPS) is 15.8. The van der Waals surface area contributed by atoms with Crippen LogP contribution in [0.15, 0.2) is 29.3 Å². The fraction of sp³-hybridized carbons (Fsp3) is 0.412. The van der Waals surface area contributed by atoms with Gasteiger partial charge in [0.05, 0.1) is 6.04 Å². The third-order valence-electron chi connectivity index (χ3n) is 4.54. The van der Waals surface area contributed by atoms with Crippen molar-refractivity contribution in [2.75, 3.05) is 5.32 Å². The van der Waals surface area contributed by atoms with Gasteiger partial charge >= 0.3 is 0 Å². The number of nitrogens with one attached hydrogen (secondary N) is 2. The van der Waals surface area contributed by atoms with Gasteiger partial charge in [-0.2, -0.15) is 10.3 Å². The molecule has 1 fully saturated rings. The Balaban J connectivity index is 1.51. The van der Waals surface area contributed by atoms with Crippen LogP contribution in [0.5, 0.6) is 0 Å². The number of carbonyl (C=O) groups excluding carboxylic acids is 1. The number of aryl methyl sites for hydroxylation is 1. The molecule has 1 amide bonds. The highest BCUT2D eigenvalue weighted by molar-refractivity contribution is 7.12. The molecule has 9 nitrogen and oxygen atoms in total. The Morgan fingerprint density at radius 3 is 2.74 bits per heavy atom. The molecule has 1 aliphatic carbocycles. The van der Waals surface area contributed by atoms with Gasteiger partial charge in [-0.3, -0.25) is 15.1 Å². The van der Waals surface area contributed by atoms with Gasteiger partial charge in [-0.05, 0) is 30.2 Å². The molecule has 0 atom stereocenters. The van der Waals surface area contributed by atoms with Crippen LogP contribution < -0.4 is 10.1 Å². The molecule has 10 heteroatoms. The quantitative estimate of drug-likeness (QED) is 0.715. The largest absolute Gasteiger partial charge is 0.288 e. The van der Waals surface area contributed by atoms with Crippen molar-refractivity contribution in [2.24, 2.45) is 12.0 Å². The minimum Gasteiger partial charge on any atom is -0.288 e. The smallest absolute Gasteiger partial charge is 0.270 e. The Labute approximate surface area is 159 Å². The molecule has 3 aromatic rings. The first-order valence-corrected chi connectivity index (χ1v) is 9.74. The van der Waals surface area contributed by atoms with Crippen molar-refractivity contribution in [1.29, 1.82) is 0 Å². The van der Waals surface area contributed by atoms with Crippen LogP contribution in [0.4, 0.5) is 5.95 Å². The second kappa shape index (κ2) is 7.78. The maximum atomic E-state index is 12.2. The van der Waals surface area contributed by atoms with E-state index in [1.807, 2.05) is 23.9 Å². The van der Waals surface area contributed by atoms with Crippen LogP contribution in [0.2, 0.25) is 0 Å². The van der Waals surface area contributed by atoms with E-state index in [2.05, 4.69) is 31.0 Å². The zero-order valence-corrected chi connectivity index (χ0v) is 15.7. The molecule has 2 aromatic heterocycles. The van der Waals surface area contributed by atoms with Crippen LogP contribution in [0.3, 0.4) is 0 Å². The number of tetrazole rings is 1.